The lowest BCUT2D eigenvalue weighted by Gasteiger charge is -2.31. The van der Waals surface area contributed by atoms with E-state index in [2.05, 4.69) is 21.2 Å². The van der Waals surface area contributed by atoms with Crippen LogP contribution < -0.4 is 10.1 Å². The van der Waals surface area contributed by atoms with Crippen LogP contribution in [-0.2, 0) is 22.6 Å². The molecule has 0 aliphatic heterocycles. The Labute approximate surface area is 220 Å². The van der Waals surface area contributed by atoms with Gasteiger partial charge >= 0.3 is 0 Å². The third-order valence-corrected chi connectivity index (χ3v) is 6.47. The number of hydrogen-bond acceptors (Lipinski definition) is 3. The van der Waals surface area contributed by atoms with Crippen LogP contribution in [0.1, 0.15) is 30.0 Å². The maximum atomic E-state index is 13.6. The van der Waals surface area contributed by atoms with E-state index in [-0.39, 0.29) is 25.0 Å². The van der Waals surface area contributed by atoms with E-state index >= 15 is 0 Å². The zero-order valence-electron chi connectivity index (χ0n) is 20.0. The molecule has 0 spiro atoms. The van der Waals surface area contributed by atoms with Gasteiger partial charge in [0.25, 0.3) is 5.91 Å². The number of aryl methyl sites for hydroxylation is 1. The van der Waals surface area contributed by atoms with E-state index in [0.29, 0.717) is 23.7 Å². The number of ether oxygens (including phenoxy) is 1. The summed E-state index contributed by atoms with van der Waals surface area (Å²) >= 11 is 9.61. The molecule has 3 aromatic rings. The van der Waals surface area contributed by atoms with Crippen molar-refractivity contribution in [1.82, 2.24) is 10.2 Å². The summed E-state index contributed by atoms with van der Waals surface area (Å²) in [6.07, 6.45) is 1.21. The van der Waals surface area contributed by atoms with Gasteiger partial charge in [-0.3, -0.25) is 9.59 Å². The van der Waals surface area contributed by atoms with Gasteiger partial charge in [0, 0.05) is 29.0 Å². The van der Waals surface area contributed by atoms with Crippen LogP contribution in [-0.4, -0.2) is 35.9 Å². The van der Waals surface area contributed by atoms with Crippen molar-refractivity contribution in [2.75, 3.05) is 13.2 Å². The highest BCUT2D eigenvalue weighted by Gasteiger charge is 2.30. The van der Waals surface area contributed by atoms with Crippen LogP contribution in [0.15, 0.2) is 77.3 Å². The number of nitrogens with zero attached hydrogens (tertiary/aromatic N) is 1. The summed E-state index contributed by atoms with van der Waals surface area (Å²) in [5, 5.41) is 3.61. The highest BCUT2D eigenvalue weighted by Crippen LogP contribution is 2.22. The van der Waals surface area contributed by atoms with Crippen LogP contribution in [0.25, 0.3) is 0 Å². The van der Waals surface area contributed by atoms with Crippen LogP contribution in [0, 0.1) is 6.92 Å². The summed E-state index contributed by atoms with van der Waals surface area (Å²) in [5.74, 6) is 0.101. The second kappa shape index (κ2) is 13.3. The molecule has 2 amide bonds. The van der Waals surface area contributed by atoms with E-state index in [1.807, 2.05) is 68.4 Å². The minimum Gasteiger partial charge on any atom is -0.484 e. The third kappa shape index (κ3) is 8.11. The van der Waals surface area contributed by atoms with E-state index in [9.17, 15) is 9.59 Å². The molecule has 0 aromatic heterocycles. The van der Waals surface area contributed by atoms with Crippen molar-refractivity contribution in [2.45, 2.75) is 39.3 Å². The summed E-state index contributed by atoms with van der Waals surface area (Å²) in [5.41, 5.74) is 2.75. The topological polar surface area (TPSA) is 58.6 Å². The normalized spacial score (nSPS) is 11.5. The lowest BCUT2D eigenvalue weighted by molar-refractivity contribution is -0.142. The molecule has 0 heterocycles. The van der Waals surface area contributed by atoms with Crippen molar-refractivity contribution < 1.29 is 14.3 Å². The van der Waals surface area contributed by atoms with Crippen LogP contribution >= 0.6 is 27.5 Å². The molecule has 3 rings (SSSR count). The largest absolute Gasteiger partial charge is 0.484 e. The molecule has 0 bridgehead atoms. The van der Waals surface area contributed by atoms with Crippen molar-refractivity contribution in [2.24, 2.45) is 0 Å². The molecule has 5 nitrogen and oxygen atoms in total. The molecule has 0 fully saturated rings. The van der Waals surface area contributed by atoms with E-state index < -0.39 is 6.04 Å². The van der Waals surface area contributed by atoms with Crippen LogP contribution in [0.5, 0.6) is 5.75 Å². The molecule has 7 heteroatoms. The van der Waals surface area contributed by atoms with Gasteiger partial charge in [-0.15, -0.1) is 0 Å². The summed E-state index contributed by atoms with van der Waals surface area (Å²) in [6.45, 7) is 4.51. The smallest absolute Gasteiger partial charge is 0.261 e. The van der Waals surface area contributed by atoms with Crippen LogP contribution in [0.3, 0.4) is 0 Å². The Balaban J connectivity index is 1.89. The number of rotatable bonds is 11. The SMILES string of the molecule is CCCNC(=O)[C@H](Cc1ccccc1)N(Cc1cccc(Br)c1)C(=O)COc1ccc(Cl)c(C)c1. The first-order chi connectivity index (χ1) is 16.9. The van der Waals surface area contributed by atoms with Gasteiger partial charge < -0.3 is 15.0 Å². The maximum absolute atomic E-state index is 13.6. The Hall–Kier alpha value is -2.83. The van der Waals surface area contributed by atoms with Crippen molar-refractivity contribution >= 4 is 39.3 Å². The Kier molecular flexibility index (Phi) is 10.2. The van der Waals surface area contributed by atoms with E-state index in [0.717, 1.165) is 27.6 Å². The van der Waals surface area contributed by atoms with E-state index in [1.165, 1.54) is 0 Å². The molecular formula is C28H30BrClN2O3. The van der Waals surface area contributed by atoms with Gasteiger partial charge in [-0.2, -0.15) is 0 Å². The second-order valence-electron chi connectivity index (χ2n) is 8.35. The minimum atomic E-state index is -0.689. The van der Waals surface area contributed by atoms with Gasteiger partial charge in [0.1, 0.15) is 11.8 Å². The van der Waals surface area contributed by atoms with Gasteiger partial charge in [-0.25, -0.2) is 0 Å². The number of nitrogens with one attached hydrogen (secondary N) is 1. The molecule has 3 aromatic carbocycles. The highest BCUT2D eigenvalue weighted by molar-refractivity contribution is 9.10. The first kappa shape index (κ1) is 26.8. The van der Waals surface area contributed by atoms with Gasteiger partial charge in [0.05, 0.1) is 0 Å². The Bertz CT molecular complexity index is 1140. The lowest BCUT2D eigenvalue weighted by atomic mass is 10.0. The number of hydrogen-bond donors (Lipinski definition) is 1. The molecule has 0 radical (unpaired) electrons. The summed E-state index contributed by atoms with van der Waals surface area (Å²) in [7, 11) is 0. The third-order valence-electron chi connectivity index (χ3n) is 5.55. The summed E-state index contributed by atoms with van der Waals surface area (Å²) < 4.78 is 6.72. The number of amides is 2. The van der Waals surface area contributed by atoms with E-state index in [4.69, 9.17) is 16.3 Å². The van der Waals surface area contributed by atoms with Gasteiger partial charge in [0.2, 0.25) is 5.91 Å². The minimum absolute atomic E-state index is 0.179. The lowest BCUT2D eigenvalue weighted by Crippen LogP contribution is -2.51. The molecule has 1 atom stereocenters. The van der Waals surface area contributed by atoms with Crippen molar-refractivity contribution in [3.8, 4) is 5.75 Å². The predicted octanol–water partition coefficient (Wildman–Crippen LogP) is 5.96. The number of carbonyl (C=O) groups excluding carboxylic acids is 2. The number of benzene rings is 3. The van der Waals surface area contributed by atoms with E-state index in [1.54, 1.807) is 23.1 Å². The zero-order valence-corrected chi connectivity index (χ0v) is 22.3. The Morgan fingerprint density at radius 2 is 1.77 bits per heavy atom. The number of halogens is 2. The Morgan fingerprint density at radius 1 is 1.03 bits per heavy atom. The fourth-order valence-electron chi connectivity index (χ4n) is 3.69. The predicted molar refractivity (Wildman–Crippen MR) is 144 cm³/mol. The molecule has 0 saturated carbocycles. The first-order valence-electron chi connectivity index (χ1n) is 11.6. The van der Waals surface area contributed by atoms with Crippen molar-refractivity contribution in [1.29, 1.82) is 0 Å². The molecule has 0 aliphatic rings. The molecule has 0 unspecified atom stereocenters. The molecule has 0 aliphatic carbocycles. The van der Waals surface area contributed by atoms with Gasteiger partial charge in [-0.05, 0) is 60.4 Å². The standard InChI is InChI=1S/C28H30BrClN2O3/c1-3-14-31-28(34)26(17-21-8-5-4-6-9-21)32(18-22-10-7-11-23(29)16-22)27(33)19-35-24-12-13-25(30)20(2)15-24/h4-13,15-16,26H,3,14,17-19H2,1-2H3,(H,31,34)/t26-/m0/s1. The first-order valence-corrected chi connectivity index (χ1v) is 12.8. The maximum Gasteiger partial charge on any atom is 0.261 e. The van der Waals surface area contributed by atoms with Gasteiger partial charge in [-0.1, -0.05) is 76.9 Å². The van der Waals surface area contributed by atoms with Crippen LogP contribution in [0.4, 0.5) is 0 Å². The molecular weight excluding hydrogens is 528 g/mol. The summed E-state index contributed by atoms with van der Waals surface area (Å²) in [6, 6.07) is 22.1. The Morgan fingerprint density at radius 3 is 2.46 bits per heavy atom. The molecule has 35 heavy (non-hydrogen) atoms. The van der Waals surface area contributed by atoms with Crippen molar-refractivity contribution in [3.05, 3.63) is 99.0 Å². The van der Waals surface area contributed by atoms with Crippen molar-refractivity contribution in [3.63, 3.8) is 0 Å². The quantitative estimate of drug-likeness (QED) is 0.317. The number of carbonyl (C=O) groups is 2. The fourth-order valence-corrected chi connectivity index (χ4v) is 4.25. The summed E-state index contributed by atoms with van der Waals surface area (Å²) in [4.78, 5) is 28.5. The zero-order chi connectivity index (χ0) is 25.2. The molecule has 1 N–H and O–H groups in total. The average molecular weight is 558 g/mol. The molecule has 184 valence electrons. The fraction of sp³-hybridized carbons (Fsp3) is 0.286. The monoisotopic (exact) mass is 556 g/mol. The second-order valence-corrected chi connectivity index (χ2v) is 9.67. The average Bonchev–Trinajstić information content (AvgIpc) is 2.86. The van der Waals surface area contributed by atoms with Gasteiger partial charge in [0.15, 0.2) is 6.61 Å². The highest BCUT2D eigenvalue weighted by atomic mass is 79.9. The van der Waals surface area contributed by atoms with Crippen LogP contribution in [0.2, 0.25) is 5.02 Å². The molecule has 0 saturated heterocycles.